The molecule has 1 nitrogen and oxygen atoms in total. The van der Waals surface area contributed by atoms with Gasteiger partial charge in [0.1, 0.15) is 0 Å². The lowest BCUT2D eigenvalue weighted by molar-refractivity contribution is 0.769. The first kappa shape index (κ1) is 22.6. The van der Waals surface area contributed by atoms with E-state index in [2.05, 4.69) is 166 Å². The Balaban J connectivity index is 1.59. The Hall–Kier alpha value is -4.40. The molecule has 0 bridgehead atoms. The molecule has 8 rings (SSSR count). The maximum Gasteiger partial charge on any atom is 0.0714 e. The molecule has 0 saturated heterocycles. The zero-order valence-corrected chi connectivity index (χ0v) is 22.8. The molecule has 0 saturated carbocycles. The van der Waals surface area contributed by atoms with E-state index in [1.807, 2.05) is 0 Å². The van der Waals surface area contributed by atoms with Crippen LogP contribution in [0.1, 0.15) is 22.3 Å². The zero-order valence-electron chi connectivity index (χ0n) is 21.2. The van der Waals surface area contributed by atoms with E-state index in [-0.39, 0.29) is 0 Å². The van der Waals surface area contributed by atoms with Crippen molar-refractivity contribution < 1.29 is 0 Å². The smallest absolute Gasteiger partial charge is 0.0714 e. The van der Waals surface area contributed by atoms with E-state index >= 15 is 0 Å². The molecule has 1 aliphatic carbocycles. The summed E-state index contributed by atoms with van der Waals surface area (Å²) in [4.78, 5) is 0. The molecule has 0 unspecified atom stereocenters. The van der Waals surface area contributed by atoms with E-state index in [9.17, 15) is 0 Å². The number of hydrogen-bond donors (Lipinski definition) is 0. The largest absolute Gasteiger partial charge is 0.309 e. The molecule has 0 radical (unpaired) electrons. The minimum atomic E-state index is -0.415. The number of hydrogen-bond acceptors (Lipinski definition) is 0. The van der Waals surface area contributed by atoms with E-state index in [1.165, 1.54) is 60.9 Å². The van der Waals surface area contributed by atoms with Gasteiger partial charge in [-0.3, -0.25) is 0 Å². The quantitative estimate of drug-likeness (QED) is 0.202. The zero-order chi connectivity index (χ0) is 26.0. The van der Waals surface area contributed by atoms with Crippen molar-refractivity contribution in [2.24, 2.45) is 0 Å². The second-order valence-electron chi connectivity index (χ2n) is 10.3. The number of rotatable bonds is 3. The lowest BCUT2D eigenvalue weighted by Gasteiger charge is -2.34. The summed E-state index contributed by atoms with van der Waals surface area (Å²) in [6, 6.07) is 53.2. The van der Waals surface area contributed by atoms with Gasteiger partial charge in [0.15, 0.2) is 0 Å². The van der Waals surface area contributed by atoms with Crippen LogP contribution in [0.2, 0.25) is 0 Å². The highest BCUT2D eigenvalue weighted by Crippen LogP contribution is 2.57. The number of benzene rings is 6. The Labute approximate surface area is 236 Å². The van der Waals surface area contributed by atoms with Crippen LogP contribution in [0.4, 0.5) is 0 Å². The van der Waals surface area contributed by atoms with Gasteiger partial charge < -0.3 is 4.57 Å². The molecule has 0 amide bonds. The average Bonchev–Trinajstić information content (AvgIpc) is 3.47. The number of para-hydroxylation sites is 1. The number of fused-ring (bicyclic) bond motifs is 6. The third-order valence-electron chi connectivity index (χ3n) is 8.32. The van der Waals surface area contributed by atoms with Gasteiger partial charge in [0.2, 0.25) is 0 Å². The summed E-state index contributed by atoms with van der Waals surface area (Å²) < 4.78 is 3.51. The molecular formula is C37H24BrN. The summed E-state index contributed by atoms with van der Waals surface area (Å²) >= 11 is 3.74. The molecule has 0 spiro atoms. The predicted molar refractivity (Wildman–Crippen MR) is 166 cm³/mol. The van der Waals surface area contributed by atoms with E-state index in [4.69, 9.17) is 0 Å². The maximum atomic E-state index is 3.74. The number of nitrogens with zero attached hydrogens (tertiary/aromatic N) is 1. The molecule has 0 aliphatic heterocycles. The van der Waals surface area contributed by atoms with Gasteiger partial charge in [-0.1, -0.05) is 119 Å². The van der Waals surface area contributed by atoms with Crippen LogP contribution in [0.25, 0.3) is 38.6 Å². The van der Waals surface area contributed by atoms with Crippen molar-refractivity contribution in [2.75, 3.05) is 0 Å². The van der Waals surface area contributed by atoms with Gasteiger partial charge in [-0.25, -0.2) is 0 Å². The normalized spacial score (nSPS) is 13.5. The lowest BCUT2D eigenvalue weighted by Crippen LogP contribution is -2.28. The first-order valence-corrected chi connectivity index (χ1v) is 14.1. The molecule has 184 valence electrons. The average molecular weight is 563 g/mol. The van der Waals surface area contributed by atoms with Crippen LogP contribution in [0.15, 0.2) is 150 Å². The second kappa shape index (κ2) is 8.56. The minimum absolute atomic E-state index is 0.415. The molecule has 1 heterocycles. The van der Waals surface area contributed by atoms with Crippen molar-refractivity contribution in [2.45, 2.75) is 5.41 Å². The SMILES string of the molecule is Brc1ccc2c(c1)c1cc3c(cc1n2-c1ccccc1)C(c1ccccc1)(c1ccccc1)c1ccccc1-3. The Kier molecular flexibility index (Phi) is 4.95. The topological polar surface area (TPSA) is 4.93 Å². The van der Waals surface area contributed by atoms with Gasteiger partial charge in [0.05, 0.1) is 16.4 Å². The van der Waals surface area contributed by atoms with Gasteiger partial charge in [0.25, 0.3) is 0 Å². The highest BCUT2D eigenvalue weighted by Gasteiger charge is 2.46. The van der Waals surface area contributed by atoms with Crippen LogP contribution in [0.3, 0.4) is 0 Å². The summed E-state index contributed by atoms with van der Waals surface area (Å²) in [6.45, 7) is 0. The van der Waals surface area contributed by atoms with E-state index in [1.54, 1.807) is 0 Å². The lowest BCUT2D eigenvalue weighted by atomic mass is 9.67. The fraction of sp³-hybridized carbons (Fsp3) is 0.0270. The van der Waals surface area contributed by atoms with Crippen molar-refractivity contribution in [3.63, 3.8) is 0 Å². The highest BCUT2D eigenvalue weighted by molar-refractivity contribution is 9.10. The fourth-order valence-electron chi connectivity index (χ4n) is 6.78. The molecule has 2 heteroatoms. The Morgan fingerprint density at radius 1 is 0.462 bits per heavy atom. The summed E-state index contributed by atoms with van der Waals surface area (Å²) in [7, 11) is 0. The van der Waals surface area contributed by atoms with Crippen molar-refractivity contribution in [1.29, 1.82) is 0 Å². The van der Waals surface area contributed by atoms with Gasteiger partial charge in [-0.2, -0.15) is 0 Å². The van der Waals surface area contributed by atoms with E-state index in [0.717, 1.165) is 4.47 Å². The highest BCUT2D eigenvalue weighted by atomic mass is 79.9. The third kappa shape index (κ3) is 3.13. The van der Waals surface area contributed by atoms with Gasteiger partial charge in [-0.05, 0) is 75.8 Å². The number of halogens is 1. The molecule has 1 aliphatic rings. The third-order valence-corrected chi connectivity index (χ3v) is 8.81. The van der Waals surface area contributed by atoms with Crippen LogP contribution >= 0.6 is 15.9 Å². The standard InChI is InChI=1S/C37H24BrN/c38-27-20-21-35-31(22-27)32-23-30-29-18-10-11-19-33(29)37(25-12-4-1-5-13-25,26-14-6-2-7-15-26)34(30)24-36(32)39(35)28-16-8-3-9-17-28/h1-24H. The Bertz CT molecular complexity index is 1960. The summed E-state index contributed by atoms with van der Waals surface area (Å²) in [6.07, 6.45) is 0. The molecule has 1 aromatic heterocycles. The summed E-state index contributed by atoms with van der Waals surface area (Å²) in [5.41, 5.74) is 11.0. The molecule has 0 fully saturated rings. The van der Waals surface area contributed by atoms with Crippen LogP contribution in [-0.4, -0.2) is 4.57 Å². The minimum Gasteiger partial charge on any atom is -0.309 e. The predicted octanol–water partition coefficient (Wildman–Crippen LogP) is 9.91. The van der Waals surface area contributed by atoms with Crippen molar-refractivity contribution in [3.8, 4) is 16.8 Å². The molecular weight excluding hydrogens is 538 g/mol. The van der Waals surface area contributed by atoms with Crippen LogP contribution in [0, 0.1) is 0 Å². The van der Waals surface area contributed by atoms with Crippen LogP contribution < -0.4 is 0 Å². The fourth-order valence-corrected chi connectivity index (χ4v) is 7.14. The molecule has 39 heavy (non-hydrogen) atoms. The monoisotopic (exact) mass is 561 g/mol. The van der Waals surface area contributed by atoms with Crippen molar-refractivity contribution in [3.05, 3.63) is 172 Å². The van der Waals surface area contributed by atoms with Gasteiger partial charge in [0, 0.05) is 20.9 Å². The Morgan fingerprint density at radius 2 is 1.05 bits per heavy atom. The molecule has 6 aromatic carbocycles. The Morgan fingerprint density at radius 3 is 1.74 bits per heavy atom. The summed E-state index contributed by atoms with van der Waals surface area (Å²) in [5, 5.41) is 2.51. The van der Waals surface area contributed by atoms with Gasteiger partial charge >= 0.3 is 0 Å². The molecule has 7 aromatic rings. The van der Waals surface area contributed by atoms with E-state index in [0.29, 0.717) is 0 Å². The number of aromatic nitrogens is 1. The van der Waals surface area contributed by atoms with E-state index < -0.39 is 5.41 Å². The van der Waals surface area contributed by atoms with Crippen LogP contribution in [0.5, 0.6) is 0 Å². The van der Waals surface area contributed by atoms with Gasteiger partial charge in [-0.15, -0.1) is 0 Å². The molecule has 0 atom stereocenters. The first-order chi connectivity index (χ1) is 19.3. The maximum absolute atomic E-state index is 3.74. The van der Waals surface area contributed by atoms with Crippen LogP contribution in [-0.2, 0) is 5.41 Å². The van der Waals surface area contributed by atoms with Crippen molar-refractivity contribution in [1.82, 2.24) is 4.57 Å². The first-order valence-electron chi connectivity index (χ1n) is 13.3. The summed E-state index contributed by atoms with van der Waals surface area (Å²) in [5.74, 6) is 0. The van der Waals surface area contributed by atoms with Crippen molar-refractivity contribution >= 4 is 37.7 Å². The molecule has 0 N–H and O–H groups in total. The second-order valence-corrected chi connectivity index (χ2v) is 11.2.